The minimum absolute atomic E-state index is 0.0674. The molecule has 1 saturated heterocycles. The Balaban J connectivity index is 2.21. The van der Waals surface area contributed by atoms with Crippen molar-refractivity contribution in [2.45, 2.75) is 38.5 Å². The van der Waals surface area contributed by atoms with Crippen molar-refractivity contribution < 1.29 is 22.3 Å². The third-order valence-electron chi connectivity index (χ3n) is 4.05. The Morgan fingerprint density at radius 3 is 2.48 bits per heavy atom. The SMILES string of the molecule is COC(C)CS(=O)(=O)N(Cc1ccc(F)cc1)C1CCOCC1. The summed E-state index contributed by atoms with van der Waals surface area (Å²) >= 11 is 0. The fourth-order valence-electron chi connectivity index (χ4n) is 2.66. The van der Waals surface area contributed by atoms with E-state index in [2.05, 4.69) is 0 Å². The number of hydrogen-bond donors (Lipinski definition) is 0. The Hall–Kier alpha value is -1.02. The van der Waals surface area contributed by atoms with E-state index in [9.17, 15) is 12.8 Å². The molecular formula is C16H24FNO4S. The third kappa shape index (κ3) is 5.24. The molecule has 0 bridgehead atoms. The lowest BCUT2D eigenvalue weighted by atomic mass is 10.1. The topological polar surface area (TPSA) is 55.8 Å². The number of nitrogens with zero attached hydrogens (tertiary/aromatic N) is 1. The Morgan fingerprint density at radius 2 is 1.91 bits per heavy atom. The van der Waals surface area contributed by atoms with Crippen LogP contribution in [0.3, 0.4) is 0 Å². The lowest BCUT2D eigenvalue weighted by molar-refractivity contribution is 0.0563. The molecule has 0 radical (unpaired) electrons. The number of methoxy groups -OCH3 is 1. The number of ether oxygens (including phenoxy) is 2. The fourth-order valence-corrected chi connectivity index (χ4v) is 4.59. The zero-order valence-electron chi connectivity index (χ0n) is 13.6. The molecule has 1 fully saturated rings. The molecule has 1 atom stereocenters. The minimum atomic E-state index is -3.48. The van der Waals surface area contributed by atoms with Crippen LogP contribution in [0.15, 0.2) is 24.3 Å². The minimum Gasteiger partial charge on any atom is -0.381 e. The summed E-state index contributed by atoms with van der Waals surface area (Å²) in [6, 6.07) is 5.85. The van der Waals surface area contributed by atoms with E-state index >= 15 is 0 Å². The van der Waals surface area contributed by atoms with Gasteiger partial charge < -0.3 is 9.47 Å². The van der Waals surface area contributed by atoms with Crippen LogP contribution in [-0.2, 0) is 26.0 Å². The van der Waals surface area contributed by atoms with E-state index in [1.165, 1.54) is 23.5 Å². The molecular weight excluding hydrogens is 321 g/mol. The summed E-state index contributed by atoms with van der Waals surface area (Å²) in [6.07, 6.45) is 0.958. The molecule has 2 rings (SSSR count). The molecule has 130 valence electrons. The first-order valence-electron chi connectivity index (χ1n) is 7.77. The summed E-state index contributed by atoms with van der Waals surface area (Å²) < 4.78 is 50.6. The second kappa shape index (κ2) is 8.19. The van der Waals surface area contributed by atoms with Crippen molar-refractivity contribution in [2.75, 3.05) is 26.1 Å². The molecule has 23 heavy (non-hydrogen) atoms. The van der Waals surface area contributed by atoms with Crippen molar-refractivity contribution >= 4 is 10.0 Å². The predicted molar refractivity (Wildman–Crippen MR) is 86.0 cm³/mol. The maximum Gasteiger partial charge on any atom is 0.217 e. The standard InChI is InChI=1S/C16H24FNO4S/c1-13(21-2)12-23(19,20)18(16-7-9-22-10-8-16)11-14-3-5-15(17)6-4-14/h3-6,13,16H,7-12H2,1-2H3. The molecule has 0 saturated carbocycles. The molecule has 1 aliphatic heterocycles. The summed E-state index contributed by atoms with van der Waals surface area (Å²) in [6.45, 7) is 3.08. The summed E-state index contributed by atoms with van der Waals surface area (Å²) in [5, 5.41) is 0. The number of sulfonamides is 1. The first-order chi connectivity index (χ1) is 10.9. The third-order valence-corrected chi connectivity index (χ3v) is 6.09. The summed E-state index contributed by atoms with van der Waals surface area (Å²) in [7, 11) is -1.98. The van der Waals surface area contributed by atoms with E-state index in [-0.39, 0.29) is 30.3 Å². The average Bonchev–Trinajstić information content (AvgIpc) is 2.54. The van der Waals surface area contributed by atoms with Gasteiger partial charge in [-0.3, -0.25) is 0 Å². The van der Waals surface area contributed by atoms with Crippen molar-refractivity contribution in [1.29, 1.82) is 0 Å². The van der Waals surface area contributed by atoms with E-state index in [0.717, 1.165) is 5.56 Å². The fraction of sp³-hybridized carbons (Fsp3) is 0.625. The van der Waals surface area contributed by atoms with Crippen LogP contribution in [0.5, 0.6) is 0 Å². The van der Waals surface area contributed by atoms with Crippen LogP contribution in [0.4, 0.5) is 4.39 Å². The Morgan fingerprint density at radius 1 is 1.30 bits per heavy atom. The Kier molecular flexibility index (Phi) is 6.52. The van der Waals surface area contributed by atoms with Crippen LogP contribution in [0.2, 0.25) is 0 Å². The normalized spacial score (nSPS) is 18.3. The van der Waals surface area contributed by atoms with Gasteiger partial charge in [0.25, 0.3) is 0 Å². The van der Waals surface area contributed by atoms with Crippen molar-refractivity contribution in [3.63, 3.8) is 0 Å². The summed E-state index contributed by atoms with van der Waals surface area (Å²) in [4.78, 5) is 0. The van der Waals surface area contributed by atoms with Crippen molar-refractivity contribution in [2.24, 2.45) is 0 Å². The highest BCUT2D eigenvalue weighted by molar-refractivity contribution is 7.89. The van der Waals surface area contributed by atoms with Gasteiger partial charge in [0, 0.05) is 32.9 Å². The smallest absolute Gasteiger partial charge is 0.217 e. The van der Waals surface area contributed by atoms with Gasteiger partial charge in [-0.2, -0.15) is 4.31 Å². The zero-order valence-corrected chi connectivity index (χ0v) is 14.4. The van der Waals surface area contributed by atoms with Gasteiger partial charge in [0.15, 0.2) is 0 Å². The number of halogens is 1. The van der Waals surface area contributed by atoms with Crippen LogP contribution in [-0.4, -0.2) is 50.9 Å². The van der Waals surface area contributed by atoms with Crippen molar-refractivity contribution in [1.82, 2.24) is 4.31 Å². The molecule has 1 aromatic carbocycles. The predicted octanol–water partition coefficient (Wildman–Crippen LogP) is 2.17. The number of rotatable bonds is 7. The van der Waals surface area contributed by atoms with Crippen LogP contribution in [0.25, 0.3) is 0 Å². The van der Waals surface area contributed by atoms with Crippen LogP contribution in [0.1, 0.15) is 25.3 Å². The molecule has 0 N–H and O–H groups in total. The molecule has 1 aromatic rings. The van der Waals surface area contributed by atoms with Gasteiger partial charge in [0.2, 0.25) is 10.0 Å². The highest BCUT2D eigenvalue weighted by Gasteiger charge is 2.32. The van der Waals surface area contributed by atoms with Gasteiger partial charge >= 0.3 is 0 Å². The second-order valence-electron chi connectivity index (χ2n) is 5.84. The maximum atomic E-state index is 13.1. The average molecular weight is 345 g/mol. The monoisotopic (exact) mass is 345 g/mol. The van der Waals surface area contributed by atoms with Crippen LogP contribution in [0, 0.1) is 5.82 Å². The first-order valence-corrected chi connectivity index (χ1v) is 9.38. The summed E-state index contributed by atoms with van der Waals surface area (Å²) in [5.74, 6) is -0.399. The van der Waals surface area contributed by atoms with E-state index in [1.807, 2.05) is 0 Å². The van der Waals surface area contributed by atoms with Gasteiger partial charge in [-0.05, 0) is 37.5 Å². The van der Waals surface area contributed by atoms with Gasteiger partial charge in [-0.1, -0.05) is 12.1 Å². The Bertz CT molecular complexity index is 585. The highest BCUT2D eigenvalue weighted by atomic mass is 32.2. The van der Waals surface area contributed by atoms with Gasteiger partial charge in [-0.15, -0.1) is 0 Å². The quantitative estimate of drug-likeness (QED) is 0.760. The molecule has 1 heterocycles. The van der Waals surface area contributed by atoms with E-state index < -0.39 is 10.0 Å². The molecule has 1 unspecified atom stereocenters. The number of benzene rings is 1. The van der Waals surface area contributed by atoms with Crippen LogP contribution < -0.4 is 0 Å². The summed E-state index contributed by atoms with van der Waals surface area (Å²) in [5.41, 5.74) is 0.770. The molecule has 0 aromatic heterocycles. The number of hydrogen-bond acceptors (Lipinski definition) is 4. The van der Waals surface area contributed by atoms with E-state index in [4.69, 9.17) is 9.47 Å². The lowest BCUT2D eigenvalue weighted by Crippen LogP contribution is -2.45. The van der Waals surface area contributed by atoms with E-state index in [0.29, 0.717) is 26.1 Å². The zero-order chi connectivity index (χ0) is 16.9. The van der Waals surface area contributed by atoms with Crippen molar-refractivity contribution in [3.8, 4) is 0 Å². The molecule has 0 spiro atoms. The largest absolute Gasteiger partial charge is 0.381 e. The molecule has 0 amide bonds. The van der Waals surface area contributed by atoms with Gasteiger partial charge in [0.1, 0.15) is 5.82 Å². The van der Waals surface area contributed by atoms with Gasteiger partial charge in [0.05, 0.1) is 11.9 Å². The lowest BCUT2D eigenvalue weighted by Gasteiger charge is -2.34. The molecule has 0 aliphatic carbocycles. The Labute approximate surface area is 137 Å². The van der Waals surface area contributed by atoms with Crippen molar-refractivity contribution in [3.05, 3.63) is 35.6 Å². The van der Waals surface area contributed by atoms with Gasteiger partial charge in [-0.25, -0.2) is 12.8 Å². The highest BCUT2D eigenvalue weighted by Crippen LogP contribution is 2.22. The molecule has 5 nitrogen and oxygen atoms in total. The van der Waals surface area contributed by atoms with E-state index in [1.54, 1.807) is 19.1 Å². The maximum absolute atomic E-state index is 13.1. The van der Waals surface area contributed by atoms with Crippen LogP contribution >= 0.6 is 0 Å². The second-order valence-corrected chi connectivity index (χ2v) is 7.81. The first kappa shape index (κ1) is 18.3. The molecule has 7 heteroatoms. The molecule has 1 aliphatic rings.